The molecular weight excluding hydrogens is 262 g/mol. The van der Waals surface area contributed by atoms with Gasteiger partial charge in [-0.3, -0.25) is 0 Å². The van der Waals surface area contributed by atoms with Crippen molar-refractivity contribution >= 4 is 10.1 Å². The Labute approximate surface area is 113 Å². The molecule has 0 amide bonds. The topological polar surface area (TPSA) is 69.4 Å². The van der Waals surface area contributed by atoms with Crippen molar-refractivity contribution in [2.75, 3.05) is 0 Å². The first kappa shape index (κ1) is 13.6. The second-order valence-electron chi connectivity index (χ2n) is 4.20. The van der Waals surface area contributed by atoms with E-state index in [9.17, 15) is 8.42 Å². The molecule has 0 aromatic heterocycles. The maximum Gasteiger partial charge on any atom is 0.339 e. The summed E-state index contributed by atoms with van der Waals surface area (Å²) in [6.07, 6.45) is 0. The van der Waals surface area contributed by atoms with Crippen LogP contribution < -0.4 is 9.92 Å². The van der Waals surface area contributed by atoms with E-state index in [0.717, 1.165) is 11.1 Å². The number of benzene rings is 2. The lowest BCUT2D eigenvalue weighted by Gasteiger charge is -2.07. The van der Waals surface area contributed by atoms with Crippen LogP contribution >= 0.6 is 0 Å². The normalized spacial score (nSPS) is 11.3. The Balaban J connectivity index is 2.23. The van der Waals surface area contributed by atoms with Gasteiger partial charge in [0, 0.05) is 6.54 Å². The van der Waals surface area contributed by atoms with Gasteiger partial charge in [0.1, 0.15) is 10.6 Å². The van der Waals surface area contributed by atoms with Crippen LogP contribution in [0.15, 0.2) is 53.4 Å². The molecule has 0 fully saturated rings. The first-order valence-electron chi connectivity index (χ1n) is 5.81. The fraction of sp³-hybridized carbons (Fsp3) is 0.143. The third kappa shape index (κ3) is 3.33. The highest BCUT2D eigenvalue weighted by atomic mass is 32.2. The Bertz CT molecular complexity index is 646. The zero-order valence-electron chi connectivity index (χ0n) is 10.5. The van der Waals surface area contributed by atoms with Crippen molar-refractivity contribution < 1.29 is 12.6 Å². The van der Waals surface area contributed by atoms with Crippen molar-refractivity contribution in [3.05, 3.63) is 59.7 Å². The number of hydrogen-bond acceptors (Lipinski definition) is 4. The molecule has 0 saturated heterocycles. The Morgan fingerprint density at radius 3 is 2.11 bits per heavy atom. The molecule has 5 heteroatoms. The first-order chi connectivity index (χ1) is 9.01. The molecule has 19 heavy (non-hydrogen) atoms. The second kappa shape index (κ2) is 5.42. The summed E-state index contributed by atoms with van der Waals surface area (Å²) in [6.45, 7) is 2.30. The van der Waals surface area contributed by atoms with Gasteiger partial charge in [-0.1, -0.05) is 29.8 Å². The van der Waals surface area contributed by atoms with E-state index in [1.165, 1.54) is 12.1 Å². The lowest BCUT2D eigenvalue weighted by molar-refractivity contribution is 0.486. The number of rotatable bonds is 4. The average Bonchev–Trinajstić information content (AvgIpc) is 2.40. The summed E-state index contributed by atoms with van der Waals surface area (Å²) in [5.74, 6) is 0.276. The van der Waals surface area contributed by atoms with Crippen molar-refractivity contribution in [3.63, 3.8) is 0 Å². The molecule has 0 aliphatic heterocycles. The third-order valence-corrected chi connectivity index (χ3v) is 3.94. The molecule has 0 aliphatic carbocycles. The van der Waals surface area contributed by atoms with Gasteiger partial charge in [0.2, 0.25) is 0 Å². The highest BCUT2D eigenvalue weighted by Crippen LogP contribution is 2.19. The van der Waals surface area contributed by atoms with Crippen LogP contribution in [0.3, 0.4) is 0 Å². The largest absolute Gasteiger partial charge is 0.379 e. The molecule has 2 aromatic rings. The van der Waals surface area contributed by atoms with Crippen LogP contribution in [0.5, 0.6) is 5.75 Å². The van der Waals surface area contributed by atoms with Crippen molar-refractivity contribution in [3.8, 4) is 5.75 Å². The van der Waals surface area contributed by atoms with Gasteiger partial charge in [-0.15, -0.1) is 0 Å². The molecule has 0 radical (unpaired) electrons. The lowest BCUT2D eigenvalue weighted by atomic mass is 10.2. The van der Waals surface area contributed by atoms with Crippen LogP contribution in [0.1, 0.15) is 11.1 Å². The quantitative estimate of drug-likeness (QED) is 0.870. The minimum Gasteiger partial charge on any atom is -0.379 e. The van der Waals surface area contributed by atoms with Crippen LogP contribution in [-0.4, -0.2) is 8.42 Å². The molecule has 0 spiro atoms. The second-order valence-corrected chi connectivity index (χ2v) is 5.74. The third-order valence-electron chi connectivity index (χ3n) is 2.67. The Morgan fingerprint density at radius 1 is 1.00 bits per heavy atom. The van der Waals surface area contributed by atoms with Gasteiger partial charge in [0.25, 0.3) is 0 Å². The van der Waals surface area contributed by atoms with Gasteiger partial charge in [0.05, 0.1) is 0 Å². The Kier molecular flexibility index (Phi) is 3.87. The van der Waals surface area contributed by atoms with E-state index in [2.05, 4.69) is 0 Å². The minimum absolute atomic E-state index is 0.140. The van der Waals surface area contributed by atoms with Crippen LogP contribution in [-0.2, 0) is 16.7 Å². The molecule has 4 nitrogen and oxygen atoms in total. The summed E-state index contributed by atoms with van der Waals surface area (Å²) in [5.41, 5.74) is 7.38. The standard InChI is InChI=1S/C14H15NO3S/c1-11-2-8-14(9-3-11)19(16,17)18-13-6-4-12(10-15)5-7-13/h2-9H,10,15H2,1H3. The Hall–Kier alpha value is -1.85. The summed E-state index contributed by atoms with van der Waals surface area (Å²) in [5, 5.41) is 0. The van der Waals surface area contributed by atoms with Gasteiger partial charge in [-0.05, 0) is 36.8 Å². The Morgan fingerprint density at radius 2 is 1.58 bits per heavy atom. The van der Waals surface area contributed by atoms with E-state index in [-0.39, 0.29) is 10.6 Å². The van der Waals surface area contributed by atoms with Gasteiger partial charge < -0.3 is 9.92 Å². The fourth-order valence-corrected chi connectivity index (χ4v) is 2.49. The maximum atomic E-state index is 12.0. The number of hydrogen-bond donors (Lipinski definition) is 1. The summed E-state index contributed by atoms with van der Waals surface area (Å²) in [6, 6.07) is 13.2. The smallest absolute Gasteiger partial charge is 0.339 e. The van der Waals surface area contributed by atoms with Crippen molar-refractivity contribution in [1.82, 2.24) is 0 Å². The van der Waals surface area contributed by atoms with E-state index in [1.807, 2.05) is 6.92 Å². The summed E-state index contributed by atoms with van der Waals surface area (Å²) in [4.78, 5) is 0.140. The molecule has 2 rings (SSSR count). The summed E-state index contributed by atoms with van der Waals surface area (Å²) < 4.78 is 29.1. The number of aryl methyl sites for hydroxylation is 1. The molecule has 0 saturated carbocycles. The molecule has 0 unspecified atom stereocenters. The van der Waals surface area contributed by atoms with E-state index in [0.29, 0.717) is 6.54 Å². The monoisotopic (exact) mass is 277 g/mol. The summed E-state index contributed by atoms with van der Waals surface area (Å²) >= 11 is 0. The molecule has 2 N–H and O–H groups in total. The maximum absolute atomic E-state index is 12.0. The molecule has 2 aromatic carbocycles. The summed E-state index contributed by atoms with van der Waals surface area (Å²) in [7, 11) is -3.78. The zero-order chi connectivity index (χ0) is 13.9. The highest BCUT2D eigenvalue weighted by Gasteiger charge is 2.16. The van der Waals surface area contributed by atoms with Gasteiger partial charge in [0.15, 0.2) is 0 Å². The highest BCUT2D eigenvalue weighted by molar-refractivity contribution is 7.87. The SMILES string of the molecule is Cc1ccc(S(=O)(=O)Oc2ccc(CN)cc2)cc1. The lowest BCUT2D eigenvalue weighted by Crippen LogP contribution is -2.09. The first-order valence-corrected chi connectivity index (χ1v) is 7.22. The van der Waals surface area contributed by atoms with Gasteiger partial charge in [-0.25, -0.2) is 0 Å². The molecule has 0 atom stereocenters. The van der Waals surface area contributed by atoms with Crippen molar-refractivity contribution in [2.45, 2.75) is 18.4 Å². The molecule has 0 heterocycles. The van der Waals surface area contributed by atoms with Crippen LogP contribution in [0, 0.1) is 6.92 Å². The average molecular weight is 277 g/mol. The van der Waals surface area contributed by atoms with E-state index in [1.54, 1.807) is 36.4 Å². The molecule has 100 valence electrons. The van der Waals surface area contributed by atoms with Crippen LogP contribution in [0.4, 0.5) is 0 Å². The van der Waals surface area contributed by atoms with E-state index < -0.39 is 10.1 Å². The molecule has 0 aliphatic rings. The van der Waals surface area contributed by atoms with E-state index >= 15 is 0 Å². The van der Waals surface area contributed by atoms with E-state index in [4.69, 9.17) is 9.92 Å². The van der Waals surface area contributed by atoms with Crippen LogP contribution in [0.2, 0.25) is 0 Å². The van der Waals surface area contributed by atoms with Crippen molar-refractivity contribution in [2.24, 2.45) is 5.73 Å². The molecule has 0 bridgehead atoms. The number of nitrogens with two attached hydrogens (primary N) is 1. The van der Waals surface area contributed by atoms with Crippen molar-refractivity contribution in [1.29, 1.82) is 0 Å². The predicted octanol–water partition coefficient (Wildman–Crippen LogP) is 2.22. The zero-order valence-corrected chi connectivity index (χ0v) is 11.4. The van der Waals surface area contributed by atoms with Gasteiger partial charge in [-0.2, -0.15) is 8.42 Å². The van der Waals surface area contributed by atoms with Crippen LogP contribution in [0.25, 0.3) is 0 Å². The fourth-order valence-electron chi connectivity index (χ4n) is 1.56. The van der Waals surface area contributed by atoms with Gasteiger partial charge >= 0.3 is 10.1 Å². The minimum atomic E-state index is -3.78. The molecular formula is C14H15NO3S. The predicted molar refractivity (Wildman–Crippen MR) is 73.3 cm³/mol.